The van der Waals surface area contributed by atoms with Crippen molar-refractivity contribution >= 4 is 23.2 Å². The summed E-state index contributed by atoms with van der Waals surface area (Å²) in [7, 11) is 0. The van der Waals surface area contributed by atoms with Crippen molar-refractivity contribution < 1.29 is 14.7 Å². The molecule has 116 valence electrons. The minimum atomic E-state index is -1.10. The molecule has 0 radical (unpaired) electrons. The van der Waals surface area contributed by atoms with Crippen LogP contribution in [-0.2, 0) is 10.2 Å². The van der Waals surface area contributed by atoms with E-state index in [-0.39, 0.29) is 11.3 Å². The van der Waals surface area contributed by atoms with Crippen LogP contribution in [0, 0.1) is 6.92 Å². The number of amides is 1. The van der Waals surface area contributed by atoms with Gasteiger partial charge in [0.1, 0.15) is 10.4 Å². The zero-order valence-corrected chi connectivity index (χ0v) is 13.8. The van der Waals surface area contributed by atoms with Crippen molar-refractivity contribution in [1.82, 2.24) is 10.3 Å². The third kappa shape index (κ3) is 3.10. The lowest BCUT2D eigenvalue weighted by Crippen LogP contribution is -2.52. The van der Waals surface area contributed by atoms with Crippen LogP contribution in [0.2, 0.25) is 0 Å². The summed E-state index contributed by atoms with van der Waals surface area (Å²) < 4.78 is 0. The second-order valence-electron chi connectivity index (χ2n) is 6.73. The maximum Gasteiger partial charge on any atom is 0.329 e. The number of rotatable bonds is 3. The first-order valence-corrected chi connectivity index (χ1v) is 8.01. The van der Waals surface area contributed by atoms with Gasteiger partial charge in [-0.15, -0.1) is 11.3 Å². The van der Waals surface area contributed by atoms with Crippen molar-refractivity contribution in [3.63, 3.8) is 0 Å². The van der Waals surface area contributed by atoms with E-state index in [1.807, 2.05) is 20.8 Å². The Hall–Kier alpha value is -1.43. The van der Waals surface area contributed by atoms with E-state index in [0.717, 1.165) is 17.8 Å². The highest BCUT2D eigenvalue weighted by atomic mass is 32.1. The average Bonchev–Trinajstić information content (AvgIpc) is 2.95. The van der Waals surface area contributed by atoms with Crippen molar-refractivity contribution in [3.05, 3.63) is 15.6 Å². The normalized spacial score (nSPS) is 17.7. The molecule has 5 nitrogen and oxygen atoms in total. The van der Waals surface area contributed by atoms with Gasteiger partial charge in [-0.2, -0.15) is 0 Å². The minimum absolute atomic E-state index is 0.119. The molecule has 0 spiro atoms. The molecular formula is C15H22N2O3S. The van der Waals surface area contributed by atoms with E-state index in [4.69, 9.17) is 0 Å². The fourth-order valence-electron chi connectivity index (χ4n) is 2.57. The van der Waals surface area contributed by atoms with Crippen molar-refractivity contribution in [2.45, 2.75) is 64.3 Å². The highest BCUT2D eigenvalue weighted by Gasteiger charge is 2.43. The summed E-state index contributed by atoms with van der Waals surface area (Å²) in [6.07, 6.45) is 2.67. The summed E-state index contributed by atoms with van der Waals surface area (Å²) in [5.41, 5.74) is -0.553. The van der Waals surface area contributed by atoms with Crippen LogP contribution in [-0.4, -0.2) is 27.5 Å². The molecule has 0 aliphatic heterocycles. The van der Waals surface area contributed by atoms with E-state index in [1.165, 1.54) is 11.3 Å². The molecule has 0 atom stereocenters. The maximum atomic E-state index is 12.5. The summed E-state index contributed by atoms with van der Waals surface area (Å²) in [5, 5.41) is 13.1. The Balaban J connectivity index is 2.25. The van der Waals surface area contributed by atoms with Crippen LogP contribution < -0.4 is 5.32 Å². The highest BCUT2D eigenvalue weighted by molar-refractivity contribution is 7.14. The van der Waals surface area contributed by atoms with Crippen LogP contribution >= 0.6 is 11.3 Å². The van der Waals surface area contributed by atoms with E-state index in [0.29, 0.717) is 23.4 Å². The number of aromatic nitrogens is 1. The molecule has 1 fully saturated rings. The smallest absolute Gasteiger partial charge is 0.329 e. The van der Waals surface area contributed by atoms with Gasteiger partial charge in [-0.3, -0.25) is 4.79 Å². The molecule has 0 unspecified atom stereocenters. The topological polar surface area (TPSA) is 79.3 Å². The lowest BCUT2D eigenvalue weighted by atomic mass is 9.97. The number of hydrogen-bond acceptors (Lipinski definition) is 4. The summed E-state index contributed by atoms with van der Waals surface area (Å²) in [6, 6.07) is 0. The number of carboxylic acids is 1. The molecule has 21 heavy (non-hydrogen) atoms. The van der Waals surface area contributed by atoms with Crippen LogP contribution in [0.25, 0.3) is 0 Å². The monoisotopic (exact) mass is 310 g/mol. The SMILES string of the molecule is Cc1nc(C(C)(C)C)sc1C(=O)NC1(C(=O)O)CCCC1. The third-order valence-corrected chi connectivity index (χ3v) is 5.45. The lowest BCUT2D eigenvalue weighted by molar-refractivity contribution is -0.144. The van der Waals surface area contributed by atoms with Gasteiger partial charge in [0.05, 0.1) is 10.7 Å². The second-order valence-corrected chi connectivity index (χ2v) is 7.73. The number of aryl methyl sites for hydroxylation is 1. The predicted octanol–water partition coefficient (Wildman–Crippen LogP) is 2.88. The summed E-state index contributed by atoms with van der Waals surface area (Å²) in [5.74, 6) is -1.25. The van der Waals surface area contributed by atoms with Gasteiger partial charge in [-0.1, -0.05) is 33.6 Å². The molecule has 0 bridgehead atoms. The molecule has 1 aromatic rings. The molecule has 1 aliphatic rings. The summed E-state index contributed by atoms with van der Waals surface area (Å²) >= 11 is 1.35. The first kappa shape index (κ1) is 15.9. The summed E-state index contributed by atoms with van der Waals surface area (Å²) in [6.45, 7) is 7.93. The quantitative estimate of drug-likeness (QED) is 0.899. The number of nitrogens with one attached hydrogen (secondary N) is 1. The molecule has 1 aliphatic carbocycles. The average molecular weight is 310 g/mol. The fourth-order valence-corrected chi connectivity index (χ4v) is 3.59. The van der Waals surface area contributed by atoms with Crippen molar-refractivity contribution in [3.8, 4) is 0 Å². The molecule has 1 amide bonds. The number of carbonyl (C=O) groups excluding carboxylic acids is 1. The van der Waals surface area contributed by atoms with Crippen molar-refractivity contribution in [1.29, 1.82) is 0 Å². The number of carboxylic acid groups (broad SMARTS) is 1. The van der Waals surface area contributed by atoms with Crippen molar-refractivity contribution in [2.24, 2.45) is 0 Å². The van der Waals surface area contributed by atoms with Gasteiger partial charge >= 0.3 is 5.97 Å². The Morgan fingerprint density at radius 2 is 1.86 bits per heavy atom. The second kappa shape index (κ2) is 5.40. The number of hydrogen-bond donors (Lipinski definition) is 2. The molecule has 0 aromatic carbocycles. The molecule has 1 heterocycles. The molecule has 1 aromatic heterocycles. The molecule has 2 N–H and O–H groups in total. The van der Waals surface area contributed by atoms with Gasteiger partial charge < -0.3 is 10.4 Å². The maximum absolute atomic E-state index is 12.5. The predicted molar refractivity (Wildman–Crippen MR) is 81.9 cm³/mol. The fraction of sp³-hybridized carbons (Fsp3) is 0.667. The van der Waals surface area contributed by atoms with Crippen LogP contribution in [0.3, 0.4) is 0 Å². The van der Waals surface area contributed by atoms with Gasteiger partial charge in [-0.25, -0.2) is 9.78 Å². The van der Waals surface area contributed by atoms with Crippen LogP contribution in [0.4, 0.5) is 0 Å². The van der Waals surface area contributed by atoms with Gasteiger partial charge in [0.2, 0.25) is 0 Å². The molecule has 0 saturated heterocycles. The Morgan fingerprint density at radius 1 is 1.29 bits per heavy atom. The van der Waals surface area contributed by atoms with Crippen LogP contribution in [0.15, 0.2) is 0 Å². The van der Waals surface area contributed by atoms with Gasteiger partial charge in [-0.05, 0) is 19.8 Å². The Labute approximate surface area is 128 Å². The first-order valence-electron chi connectivity index (χ1n) is 7.19. The lowest BCUT2D eigenvalue weighted by Gasteiger charge is -2.25. The summed E-state index contributed by atoms with van der Waals surface area (Å²) in [4.78, 5) is 29.0. The molecule has 6 heteroatoms. The minimum Gasteiger partial charge on any atom is -0.480 e. The first-order chi connectivity index (χ1) is 9.66. The molecule has 1 saturated carbocycles. The van der Waals surface area contributed by atoms with Crippen LogP contribution in [0.5, 0.6) is 0 Å². The van der Waals surface area contributed by atoms with Gasteiger partial charge in [0.25, 0.3) is 5.91 Å². The van der Waals surface area contributed by atoms with E-state index >= 15 is 0 Å². The molecule has 2 rings (SSSR count). The Bertz CT molecular complexity index is 566. The third-order valence-electron chi connectivity index (χ3n) is 3.86. The zero-order valence-electron chi connectivity index (χ0n) is 12.9. The van der Waals surface area contributed by atoms with E-state index in [2.05, 4.69) is 10.3 Å². The largest absolute Gasteiger partial charge is 0.480 e. The van der Waals surface area contributed by atoms with Gasteiger partial charge in [0.15, 0.2) is 0 Å². The number of thiazole rings is 1. The van der Waals surface area contributed by atoms with Gasteiger partial charge in [0, 0.05) is 5.41 Å². The standard InChI is InChI=1S/C15H22N2O3S/c1-9-10(21-12(16-9)14(2,3)4)11(18)17-15(13(19)20)7-5-6-8-15/h5-8H2,1-4H3,(H,17,18)(H,19,20). The Kier molecular flexibility index (Phi) is 4.10. The zero-order chi connectivity index (χ0) is 15.8. The number of carbonyl (C=O) groups is 2. The van der Waals surface area contributed by atoms with Crippen LogP contribution in [0.1, 0.15) is 66.8 Å². The number of nitrogens with zero attached hydrogens (tertiary/aromatic N) is 1. The van der Waals surface area contributed by atoms with E-state index in [9.17, 15) is 14.7 Å². The molecular weight excluding hydrogens is 288 g/mol. The van der Waals surface area contributed by atoms with Crippen molar-refractivity contribution in [2.75, 3.05) is 0 Å². The Morgan fingerprint density at radius 3 is 2.29 bits per heavy atom. The van der Waals surface area contributed by atoms with E-state index in [1.54, 1.807) is 6.92 Å². The highest BCUT2D eigenvalue weighted by Crippen LogP contribution is 2.32. The van der Waals surface area contributed by atoms with E-state index < -0.39 is 11.5 Å². The number of aliphatic carboxylic acids is 1.